The number of pyridine rings is 1. The zero-order chi connectivity index (χ0) is 22.1. The second-order valence-corrected chi connectivity index (χ2v) is 8.71. The highest BCUT2D eigenvalue weighted by molar-refractivity contribution is 5.88. The van der Waals surface area contributed by atoms with Gasteiger partial charge in [0.2, 0.25) is 0 Å². The fourth-order valence-electron chi connectivity index (χ4n) is 4.56. The Morgan fingerprint density at radius 1 is 1.03 bits per heavy atom. The van der Waals surface area contributed by atoms with Crippen molar-refractivity contribution in [2.45, 2.75) is 26.2 Å². The molecule has 0 bridgehead atoms. The van der Waals surface area contributed by atoms with Gasteiger partial charge in [-0.05, 0) is 84.7 Å². The molecule has 0 unspecified atom stereocenters. The molecular weight excluding hydrogens is 392 g/mol. The highest BCUT2D eigenvalue weighted by Crippen LogP contribution is 2.23. The third-order valence-corrected chi connectivity index (χ3v) is 6.56. The molecule has 1 N–H and O–H groups in total. The van der Waals surface area contributed by atoms with Gasteiger partial charge in [0, 0.05) is 56.1 Å². The monoisotopic (exact) mass is 424 g/mol. The van der Waals surface area contributed by atoms with Crippen LogP contribution in [0, 0.1) is 6.92 Å². The molecule has 32 heavy (non-hydrogen) atoms. The zero-order valence-corrected chi connectivity index (χ0v) is 18.9. The molecular formula is C28H32N4. The third-order valence-electron chi connectivity index (χ3n) is 6.56. The summed E-state index contributed by atoms with van der Waals surface area (Å²) in [6.07, 6.45) is 12.2. The van der Waals surface area contributed by atoms with Crippen LogP contribution < -0.4 is 20.7 Å². The number of nitrogens with zero attached hydrogens (tertiary/aromatic N) is 3. The van der Waals surface area contributed by atoms with Crippen molar-refractivity contribution in [1.29, 1.82) is 0 Å². The molecule has 1 fully saturated rings. The molecule has 164 valence electrons. The summed E-state index contributed by atoms with van der Waals surface area (Å²) >= 11 is 0. The van der Waals surface area contributed by atoms with Crippen LogP contribution in [0.1, 0.15) is 37.6 Å². The van der Waals surface area contributed by atoms with E-state index in [0.29, 0.717) is 0 Å². The standard InChI is InChI=1S/C28H30N4.H2/c1-20-9-12-27(31(20)3)24-8-6-7-22-10-11-26(18-25(22)17-24)30-21(2)23-13-14-29-28(19-23)32-15-4-5-16-32;/h7-14,17-19,30H,2,4-6,15-16H2,1,3H3;1H. The first-order valence-electron chi connectivity index (χ1n) is 11.4. The highest BCUT2D eigenvalue weighted by atomic mass is 15.2. The summed E-state index contributed by atoms with van der Waals surface area (Å²) in [4.78, 5) is 6.91. The van der Waals surface area contributed by atoms with Gasteiger partial charge in [-0.15, -0.1) is 0 Å². The lowest BCUT2D eigenvalue weighted by Crippen LogP contribution is -2.24. The SMILES string of the molecule is C=C(Nc1ccc2c(c1)=CC(c1ccc(C)n1C)=CCC=2)c1ccnc(N2CCCC2)c1.[HH]. The second-order valence-electron chi connectivity index (χ2n) is 8.71. The molecule has 4 heteroatoms. The Kier molecular flexibility index (Phi) is 5.44. The number of aryl methyl sites for hydroxylation is 1. The molecule has 2 aliphatic rings. The first-order chi connectivity index (χ1) is 15.6. The molecule has 3 heterocycles. The van der Waals surface area contributed by atoms with Gasteiger partial charge in [-0.1, -0.05) is 24.8 Å². The maximum atomic E-state index is 4.56. The van der Waals surface area contributed by atoms with Crippen LogP contribution in [-0.2, 0) is 7.05 Å². The molecule has 0 atom stereocenters. The van der Waals surface area contributed by atoms with Gasteiger partial charge in [-0.3, -0.25) is 0 Å². The van der Waals surface area contributed by atoms with E-state index in [1.807, 2.05) is 12.3 Å². The molecule has 1 aliphatic heterocycles. The van der Waals surface area contributed by atoms with Gasteiger partial charge in [0.25, 0.3) is 0 Å². The van der Waals surface area contributed by atoms with E-state index in [0.717, 1.165) is 42.3 Å². The Morgan fingerprint density at radius 2 is 1.88 bits per heavy atom. The van der Waals surface area contributed by atoms with Crippen LogP contribution in [-0.4, -0.2) is 22.6 Å². The van der Waals surface area contributed by atoms with E-state index in [2.05, 4.69) is 94.9 Å². The lowest BCUT2D eigenvalue weighted by atomic mass is 10.1. The van der Waals surface area contributed by atoms with Crippen LogP contribution in [0.15, 0.2) is 61.3 Å². The average molecular weight is 425 g/mol. The summed E-state index contributed by atoms with van der Waals surface area (Å²) < 4.78 is 2.25. The average Bonchev–Trinajstić information content (AvgIpc) is 3.40. The lowest BCUT2D eigenvalue weighted by Gasteiger charge is -2.18. The van der Waals surface area contributed by atoms with Crippen LogP contribution in [0.25, 0.3) is 23.4 Å². The lowest BCUT2D eigenvalue weighted by molar-refractivity contribution is 0.868. The maximum absolute atomic E-state index is 4.56. The van der Waals surface area contributed by atoms with Gasteiger partial charge in [0.1, 0.15) is 5.82 Å². The first kappa shape index (κ1) is 20.4. The molecule has 1 saturated heterocycles. The van der Waals surface area contributed by atoms with Gasteiger partial charge in [-0.2, -0.15) is 0 Å². The van der Waals surface area contributed by atoms with Gasteiger partial charge < -0.3 is 14.8 Å². The molecule has 0 amide bonds. The molecule has 0 spiro atoms. The zero-order valence-electron chi connectivity index (χ0n) is 18.9. The molecule has 2 aromatic heterocycles. The van der Waals surface area contributed by atoms with Crippen molar-refractivity contribution in [3.8, 4) is 0 Å². The highest BCUT2D eigenvalue weighted by Gasteiger charge is 2.14. The molecule has 4 nitrogen and oxygen atoms in total. The van der Waals surface area contributed by atoms with Crippen molar-refractivity contribution in [1.82, 2.24) is 9.55 Å². The molecule has 1 aromatic carbocycles. The van der Waals surface area contributed by atoms with Crippen molar-refractivity contribution < 1.29 is 1.43 Å². The molecule has 5 rings (SSSR count). The maximum Gasteiger partial charge on any atom is 0.129 e. The van der Waals surface area contributed by atoms with Gasteiger partial charge in [0.15, 0.2) is 0 Å². The summed E-state index contributed by atoms with van der Waals surface area (Å²) in [6, 6.07) is 15.1. The number of nitrogens with one attached hydrogen (secondary N) is 1. The fourth-order valence-corrected chi connectivity index (χ4v) is 4.56. The number of hydrogen-bond acceptors (Lipinski definition) is 3. The largest absolute Gasteiger partial charge is 0.357 e. The minimum absolute atomic E-state index is 0. The Hall–Kier alpha value is -3.53. The summed E-state index contributed by atoms with van der Waals surface area (Å²) in [6.45, 7) is 8.62. The predicted octanol–water partition coefficient (Wildman–Crippen LogP) is 4.71. The number of fused-ring (bicyclic) bond motifs is 1. The van der Waals surface area contributed by atoms with E-state index in [9.17, 15) is 0 Å². The fraction of sp³-hybridized carbons (Fsp3) is 0.250. The molecule has 0 saturated carbocycles. The number of anilines is 2. The van der Waals surface area contributed by atoms with Crippen molar-refractivity contribution in [2.75, 3.05) is 23.3 Å². The third kappa shape index (κ3) is 4.01. The topological polar surface area (TPSA) is 33.1 Å². The van der Waals surface area contributed by atoms with Crippen LogP contribution in [0.3, 0.4) is 0 Å². The minimum atomic E-state index is 0. The van der Waals surface area contributed by atoms with Gasteiger partial charge in [-0.25, -0.2) is 4.98 Å². The molecule has 0 radical (unpaired) electrons. The van der Waals surface area contributed by atoms with Crippen molar-refractivity contribution in [3.05, 3.63) is 88.7 Å². The summed E-state index contributed by atoms with van der Waals surface area (Å²) in [5, 5.41) is 6.00. The van der Waals surface area contributed by atoms with Gasteiger partial charge in [0.05, 0.1) is 0 Å². The number of rotatable bonds is 5. The van der Waals surface area contributed by atoms with Crippen molar-refractivity contribution in [2.24, 2.45) is 7.05 Å². The second kappa shape index (κ2) is 8.54. The van der Waals surface area contributed by atoms with Crippen molar-refractivity contribution >= 4 is 34.9 Å². The van der Waals surface area contributed by atoms with Gasteiger partial charge >= 0.3 is 0 Å². The van der Waals surface area contributed by atoms with E-state index >= 15 is 0 Å². The number of allylic oxidation sites excluding steroid dienone is 2. The normalized spacial score (nSPS) is 15.3. The molecule has 3 aromatic rings. The minimum Gasteiger partial charge on any atom is -0.357 e. The number of aromatic nitrogens is 2. The predicted molar refractivity (Wildman–Crippen MR) is 138 cm³/mol. The Morgan fingerprint density at radius 3 is 2.66 bits per heavy atom. The van der Waals surface area contributed by atoms with Crippen molar-refractivity contribution in [3.63, 3.8) is 0 Å². The number of hydrogen-bond donors (Lipinski definition) is 1. The smallest absolute Gasteiger partial charge is 0.129 e. The van der Waals surface area contributed by atoms with Crippen LogP contribution in [0.4, 0.5) is 11.5 Å². The number of benzene rings is 1. The van der Waals surface area contributed by atoms with Crippen LogP contribution in [0.2, 0.25) is 0 Å². The Bertz CT molecular complexity index is 1330. The summed E-state index contributed by atoms with van der Waals surface area (Å²) in [5.74, 6) is 1.04. The quantitative estimate of drug-likeness (QED) is 0.644. The Balaban J connectivity index is 0.00000259. The van der Waals surface area contributed by atoms with E-state index in [4.69, 9.17) is 0 Å². The van der Waals surface area contributed by atoms with E-state index in [-0.39, 0.29) is 1.43 Å². The molecule has 1 aliphatic carbocycles. The summed E-state index contributed by atoms with van der Waals surface area (Å²) in [7, 11) is 2.13. The first-order valence-corrected chi connectivity index (χ1v) is 11.4. The van der Waals surface area contributed by atoms with Crippen LogP contribution in [0.5, 0.6) is 0 Å². The van der Waals surface area contributed by atoms with E-state index in [1.54, 1.807) is 0 Å². The van der Waals surface area contributed by atoms with Crippen LogP contribution >= 0.6 is 0 Å². The van der Waals surface area contributed by atoms with E-state index < -0.39 is 0 Å². The Labute approximate surface area is 191 Å². The van der Waals surface area contributed by atoms with E-state index in [1.165, 1.54) is 40.2 Å². The summed E-state index contributed by atoms with van der Waals surface area (Å²) in [5.41, 5.74) is 6.78.